The maximum atomic E-state index is 13.1. The fourth-order valence-corrected chi connectivity index (χ4v) is 3.80. The van der Waals surface area contributed by atoms with Gasteiger partial charge in [-0.05, 0) is 12.0 Å². The first-order chi connectivity index (χ1) is 13.7. The van der Waals surface area contributed by atoms with Gasteiger partial charge in [0.15, 0.2) is 5.89 Å². The fraction of sp³-hybridized carbons (Fsp3) is 0.286. The Balaban J connectivity index is 1.32. The fourth-order valence-electron chi connectivity index (χ4n) is 3.80. The number of amides is 1. The van der Waals surface area contributed by atoms with Gasteiger partial charge >= 0.3 is 0 Å². The summed E-state index contributed by atoms with van der Waals surface area (Å²) in [5, 5.41) is 4.27. The molecule has 4 aromatic rings. The van der Waals surface area contributed by atoms with Crippen molar-refractivity contribution in [2.75, 3.05) is 6.54 Å². The zero-order chi connectivity index (χ0) is 19.1. The lowest BCUT2D eigenvalue weighted by Crippen LogP contribution is -2.35. The van der Waals surface area contributed by atoms with E-state index in [4.69, 9.17) is 4.42 Å². The van der Waals surface area contributed by atoms with E-state index >= 15 is 0 Å². The molecule has 7 nitrogen and oxygen atoms in total. The minimum atomic E-state index is -0.0173. The smallest absolute Gasteiger partial charge is 0.259 e. The van der Waals surface area contributed by atoms with Gasteiger partial charge in [0.25, 0.3) is 5.91 Å². The van der Waals surface area contributed by atoms with E-state index in [9.17, 15) is 4.79 Å². The Morgan fingerprint density at radius 3 is 2.89 bits per heavy atom. The zero-order valence-electron chi connectivity index (χ0n) is 15.7. The topological polar surface area (TPSA) is 68.6 Å². The second-order valence-corrected chi connectivity index (χ2v) is 7.18. The van der Waals surface area contributed by atoms with Crippen molar-refractivity contribution < 1.29 is 9.21 Å². The standard InChI is InChI=1S/C21H21N5O2/c1-24-11-12-26-20(24)16(13-22-26)21(27)25-10-9-18-17(14-25)23-19(28-18)8-7-15-5-3-2-4-6-15/h2-6,11-13H,7-10,14H2,1H3. The third-order valence-corrected chi connectivity index (χ3v) is 5.29. The van der Waals surface area contributed by atoms with Gasteiger partial charge in [-0.25, -0.2) is 9.50 Å². The van der Waals surface area contributed by atoms with Gasteiger partial charge in [-0.2, -0.15) is 5.10 Å². The average molecular weight is 375 g/mol. The molecular formula is C21H21N5O2. The first kappa shape index (κ1) is 16.8. The van der Waals surface area contributed by atoms with Crippen LogP contribution in [0.3, 0.4) is 0 Å². The van der Waals surface area contributed by atoms with Gasteiger partial charge in [0.1, 0.15) is 22.7 Å². The predicted molar refractivity (Wildman–Crippen MR) is 103 cm³/mol. The molecule has 1 amide bonds. The second-order valence-electron chi connectivity index (χ2n) is 7.18. The summed E-state index contributed by atoms with van der Waals surface area (Å²) in [5.41, 5.74) is 3.56. The van der Waals surface area contributed by atoms with Gasteiger partial charge in [-0.15, -0.1) is 0 Å². The lowest BCUT2D eigenvalue weighted by molar-refractivity contribution is 0.0729. The number of carbonyl (C=O) groups excluding carboxylic acids is 1. The Morgan fingerprint density at radius 2 is 2.04 bits per heavy atom. The van der Waals surface area contributed by atoms with E-state index in [1.54, 1.807) is 10.7 Å². The molecule has 0 aliphatic carbocycles. The van der Waals surface area contributed by atoms with Gasteiger partial charge in [0, 0.05) is 38.8 Å². The van der Waals surface area contributed by atoms with Crippen LogP contribution in [0, 0.1) is 0 Å². The lowest BCUT2D eigenvalue weighted by atomic mass is 10.1. The number of imidazole rings is 1. The van der Waals surface area contributed by atoms with Crippen molar-refractivity contribution in [1.29, 1.82) is 0 Å². The first-order valence-corrected chi connectivity index (χ1v) is 9.48. The Hall–Kier alpha value is -3.35. The number of nitrogens with zero attached hydrogens (tertiary/aromatic N) is 5. The zero-order valence-corrected chi connectivity index (χ0v) is 15.7. The highest BCUT2D eigenvalue weighted by molar-refractivity contribution is 5.99. The molecule has 1 aliphatic rings. The van der Waals surface area contributed by atoms with Crippen molar-refractivity contribution in [1.82, 2.24) is 24.1 Å². The van der Waals surface area contributed by atoms with E-state index in [1.165, 1.54) is 5.56 Å². The molecule has 5 rings (SSSR count). The van der Waals surface area contributed by atoms with Crippen LogP contribution in [0.1, 0.15) is 33.3 Å². The third kappa shape index (κ3) is 2.89. The monoisotopic (exact) mass is 375 g/mol. The molecule has 0 unspecified atom stereocenters. The SMILES string of the molecule is Cn1ccn2ncc(C(=O)N3CCc4oc(CCc5ccccc5)nc4C3)c12. The summed E-state index contributed by atoms with van der Waals surface area (Å²) in [6, 6.07) is 10.3. The molecule has 4 heterocycles. The number of oxazole rings is 1. The van der Waals surface area contributed by atoms with Crippen LogP contribution in [-0.4, -0.2) is 36.5 Å². The van der Waals surface area contributed by atoms with Crippen LogP contribution in [0.4, 0.5) is 0 Å². The van der Waals surface area contributed by atoms with Crippen molar-refractivity contribution in [3.8, 4) is 0 Å². The molecule has 0 atom stereocenters. The molecule has 142 valence electrons. The second kappa shape index (κ2) is 6.67. The van der Waals surface area contributed by atoms with E-state index in [0.29, 0.717) is 25.1 Å². The van der Waals surface area contributed by atoms with Crippen LogP contribution in [0.15, 0.2) is 53.3 Å². The molecule has 0 spiro atoms. The van der Waals surface area contributed by atoms with E-state index in [2.05, 4.69) is 22.2 Å². The molecule has 0 saturated carbocycles. The molecule has 28 heavy (non-hydrogen) atoms. The van der Waals surface area contributed by atoms with Crippen LogP contribution < -0.4 is 0 Å². The van der Waals surface area contributed by atoms with Gasteiger partial charge in [-0.1, -0.05) is 30.3 Å². The molecular weight excluding hydrogens is 354 g/mol. The summed E-state index contributed by atoms with van der Waals surface area (Å²) >= 11 is 0. The van der Waals surface area contributed by atoms with Crippen LogP contribution in [0.25, 0.3) is 5.65 Å². The normalized spacial score (nSPS) is 13.8. The Kier molecular flexibility index (Phi) is 4.00. The van der Waals surface area contributed by atoms with Crippen LogP contribution >= 0.6 is 0 Å². The van der Waals surface area contributed by atoms with Gasteiger partial charge in [0.05, 0.1) is 12.7 Å². The predicted octanol–water partition coefficient (Wildman–Crippen LogP) is 2.64. The molecule has 0 saturated heterocycles. The molecule has 1 aromatic carbocycles. The molecule has 3 aromatic heterocycles. The molecule has 7 heteroatoms. The molecule has 0 fully saturated rings. The average Bonchev–Trinajstić information content (AvgIpc) is 3.42. The maximum absolute atomic E-state index is 13.1. The summed E-state index contributed by atoms with van der Waals surface area (Å²) in [5.74, 6) is 1.64. The number of hydrogen-bond acceptors (Lipinski definition) is 4. The quantitative estimate of drug-likeness (QED) is 0.550. The lowest BCUT2D eigenvalue weighted by Gasteiger charge is -2.24. The number of aryl methyl sites for hydroxylation is 3. The Bertz CT molecular complexity index is 1140. The number of benzene rings is 1. The number of fused-ring (bicyclic) bond motifs is 2. The van der Waals surface area contributed by atoms with Crippen molar-refractivity contribution >= 4 is 11.6 Å². The number of carbonyl (C=O) groups is 1. The minimum absolute atomic E-state index is 0.0173. The van der Waals surface area contributed by atoms with E-state index < -0.39 is 0 Å². The van der Waals surface area contributed by atoms with Crippen LogP contribution in [-0.2, 0) is 32.9 Å². The van der Waals surface area contributed by atoms with Crippen LogP contribution in [0.5, 0.6) is 0 Å². The van der Waals surface area contributed by atoms with Crippen LogP contribution in [0.2, 0.25) is 0 Å². The van der Waals surface area contributed by atoms with Crippen molar-refractivity contribution in [3.05, 3.63) is 77.4 Å². The van der Waals surface area contributed by atoms with Gasteiger partial charge in [-0.3, -0.25) is 4.79 Å². The number of rotatable bonds is 4. The Labute approximate surface area is 162 Å². The largest absolute Gasteiger partial charge is 0.445 e. The van der Waals surface area contributed by atoms with E-state index in [1.807, 2.05) is 47.1 Å². The number of hydrogen-bond donors (Lipinski definition) is 0. The highest BCUT2D eigenvalue weighted by Crippen LogP contribution is 2.23. The van der Waals surface area contributed by atoms with Gasteiger partial charge < -0.3 is 13.9 Å². The van der Waals surface area contributed by atoms with Crippen molar-refractivity contribution in [2.24, 2.45) is 7.05 Å². The summed E-state index contributed by atoms with van der Waals surface area (Å²) in [6.45, 7) is 1.10. The van der Waals surface area contributed by atoms with Crippen molar-refractivity contribution in [3.63, 3.8) is 0 Å². The maximum Gasteiger partial charge on any atom is 0.259 e. The molecule has 1 aliphatic heterocycles. The molecule has 0 bridgehead atoms. The number of aromatic nitrogens is 4. The highest BCUT2D eigenvalue weighted by Gasteiger charge is 2.28. The minimum Gasteiger partial charge on any atom is -0.445 e. The summed E-state index contributed by atoms with van der Waals surface area (Å²) in [6.07, 6.45) is 7.72. The third-order valence-electron chi connectivity index (χ3n) is 5.29. The summed E-state index contributed by atoms with van der Waals surface area (Å²) in [7, 11) is 1.92. The highest BCUT2D eigenvalue weighted by atomic mass is 16.4. The van der Waals surface area contributed by atoms with E-state index in [0.717, 1.165) is 35.8 Å². The van der Waals surface area contributed by atoms with Gasteiger partial charge in [0.2, 0.25) is 0 Å². The molecule has 0 N–H and O–H groups in total. The summed E-state index contributed by atoms with van der Waals surface area (Å²) < 4.78 is 9.59. The first-order valence-electron chi connectivity index (χ1n) is 9.48. The molecule has 0 radical (unpaired) electrons. The summed E-state index contributed by atoms with van der Waals surface area (Å²) in [4.78, 5) is 19.5. The Morgan fingerprint density at radius 1 is 1.18 bits per heavy atom. The van der Waals surface area contributed by atoms with E-state index in [-0.39, 0.29) is 5.91 Å². The van der Waals surface area contributed by atoms with Crippen molar-refractivity contribution in [2.45, 2.75) is 25.8 Å².